The van der Waals surface area contributed by atoms with Crippen molar-refractivity contribution in [2.75, 3.05) is 25.5 Å². The van der Waals surface area contributed by atoms with E-state index in [0.29, 0.717) is 36.3 Å². The summed E-state index contributed by atoms with van der Waals surface area (Å²) in [4.78, 5) is 51.3. The maximum Gasteiger partial charge on any atom is 0.258 e. The Morgan fingerprint density at radius 3 is 2.71 bits per heavy atom. The molecular weight excluding hydrogens is 568 g/mol. The molecule has 45 heavy (non-hydrogen) atoms. The first kappa shape index (κ1) is 32.2. The number of aromatic nitrogens is 3. The Bertz CT molecular complexity index is 1550. The number of carbonyl (C=O) groups excluding carboxylic acids is 3. The van der Waals surface area contributed by atoms with Gasteiger partial charge in [0.05, 0.1) is 17.7 Å². The number of pyridine rings is 1. The van der Waals surface area contributed by atoms with Crippen LogP contribution in [0.1, 0.15) is 87.3 Å². The van der Waals surface area contributed by atoms with Gasteiger partial charge in [0.25, 0.3) is 5.91 Å². The number of likely N-dealkylation sites (tertiary alicyclic amines) is 1. The van der Waals surface area contributed by atoms with Crippen LogP contribution in [0.2, 0.25) is 0 Å². The smallest absolute Gasteiger partial charge is 0.258 e. The molecule has 10 nitrogen and oxygen atoms in total. The van der Waals surface area contributed by atoms with Gasteiger partial charge in [-0.05, 0) is 88.1 Å². The van der Waals surface area contributed by atoms with Gasteiger partial charge in [-0.2, -0.15) is 0 Å². The van der Waals surface area contributed by atoms with Gasteiger partial charge >= 0.3 is 0 Å². The zero-order valence-electron chi connectivity index (χ0n) is 27.0. The molecule has 1 aromatic carbocycles. The Balaban J connectivity index is 1.53. The van der Waals surface area contributed by atoms with Crippen molar-refractivity contribution in [1.82, 2.24) is 24.3 Å². The lowest BCUT2D eigenvalue weighted by atomic mass is 9.94. The van der Waals surface area contributed by atoms with E-state index < -0.39 is 0 Å². The van der Waals surface area contributed by atoms with Crippen molar-refractivity contribution in [2.45, 2.75) is 90.3 Å². The van der Waals surface area contributed by atoms with Crippen LogP contribution < -0.4 is 10.1 Å². The Hall–Kier alpha value is -4.21. The third-order valence-electron chi connectivity index (χ3n) is 9.49. The van der Waals surface area contributed by atoms with Crippen LogP contribution in [0.5, 0.6) is 5.75 Å². The molecule has 0 radical (unpaired) electrons. The Morgan fingerprint density at radius 1 is 1.16 bits per heavy atom. The second-order valence-electron chi connectivity index (χ2n) is 12.6. The van der Waals surface area contributed by atoms with Gasteiger partial charge in [-0.25, -0.2) is 4.98 Å². The van der Waals surface area contributed by atoms with Gasteiger partial charge in [0.15, 0.2) is 0 Å². The Morgan fingerprint density at radius 2 is 1.98 bits per heavy atom. The minimum absolute atomic E-state index is 0.0277. The zero-order chi connectivity index (χ0) is 32.1. The fourth-order valence-corrected chi connectivity index (χ4v) is 6.87. The molecule has 10 heteroatoms. The number of fused-ring (bicyclic) bond motifs is 1. The normalized spacial score (nSPS) is 22.3. The van der Waals surface area contributed by atoms with E-state index in [2.05, 4.69) is 28.4 Å². The van der Waals surface area contributed by atoms with E-state index in [1.807, 2.05) is 42.0 Å². The van der Waals surface area contributed by atoms with E-state index in [4.69, 9.17) is 9.72 Å². The lowest BCUT2D eigenvalue weighted by Gasteiger charge is -2.28. The molecule has 1 unspecified atom stereocenters. The number of imidazole rings is 1. The minimum atomic E-state index is -0.276. The number of para-hydroxylation sites is 1. The van der Waals surface area contributed by atoms with Crippen molar-refractivity contribution >= 4 is 34.7 Å². The molecule has 2 aromatic heterocycles. The topological polar surface area (TPSA) is 110 Å². The van der Waals surface area contributed by atoms with Crippen LogP contribution in [0.4, 0.5) is 5.95 Å². The number of hydrogen-bond acceptors (Lipinski definition) is 6. The summed E-state index contributed by atoms with van der Waals surface area (Å²) < 4.78 is 8.94. The number of carbonyl (C=O) groups is 3. The van der Waals surface area contributed by atoms with E-state index in [1.165, 1.54) is 6.08 Å². The van der Waals surface area contributed by atoms with Gasteiger partial charge < -0.3 is 19.1 Å². The molecule has 240 valence electrons. The van der Waals surface area contributed by atoms with E-state index in [1.54, 1.807) is 25.3 Å². The largest absolute Gasteiger partial charge is 0.488 e. The number of rotatable bonds is 8. The molecular formula is C35H46N6O4. The molecule has 1 N–H and O–H groups in total. The number of anilines is 1. The predicted octanol–water partition coefficient (Wildman–Crippen LogP) is 5.93. The quantitative estimate of drug-likeness (QED) is 0.249. The van der Waals surface area contributed by atoms with Crippen LogP contribution in [-0.4, -0.2) is 74.3 Å². The molecule has 4 atom stereocenters. The minimum Gasteiger partial charge on any atom is -0.488 e. The summed E-state index contributed by atoms with van der Waals surface area (Å²) in [5.74, 6) is 1.29. The molecule has 0 spiro atoms. The van der Waals surface area contributed by atoms with Gasteiger partial charge in [0, 0.05) is 50.6 Å². The van der Waals surface area contributed by atoms with Crippen molar-refractivity contribution < 1.29 is 19.1 Å². The van der Waals surface area contributed by atoms with Gasteiger partial charge in [-0.15, -0.1) is 0 Å². The highest BCUT2D eigenvalue weighted by Crippen LogP contribution is 2.38. The summed E-state index contributed by atoms with van der Waals surface area (Å²) in [7, 11) is 1.90. The number of benzene rings is 1. The highest BCUT2D eigenvalue weighted by atomic mass is 16.5. The first-order valence-electron chi connectivity index (χ1n) is 16.2. The van der Waals surface area contributed by atoms with Crippen molar-refractivity contribution in [3.63, 3.8) is 0 Å². The molecule has 3 heterocycles. The molecule has 3 amide bonds. The Kier molecular flexibility index (Phi) is 10.2. The average molecular weight is 615 g/mol. The third-order valence-corrected chi connectivity index (χ3v) is 9.49. The van der Waals surface area contributed by atoms with Crippen molar-refractivity contribution in [2.24, 2.45) is 5.92 Å². The van der Waals surface area contributed by atoms with Crippen molar-refractivity contribution in [3.05, 3.63) is 60.4 Å². The van der Waals surface area contributed by atoms with Gasteiger partial charge in [0.2, 0.25) is 17.8 Å². The van der Waals surface area contributed by atoms with Crippen LogP contribution in [0, 0.1) is 12.8 Å². The number of hydrogen-bond donors (Lipinski definition) is 1. The van der Waals surface area contributed by atoms with E-state index in [0.717, 1.165) is 68.1 Å². The summed E-state index contributed by atoms with van der Waals surface area (Å²) in [5.41, 5.74) is 2.77. The fourth-order valence-electron chi connectivity index (χ4n) is 6.87. The molecule has 1 saturated carbocycles. The highest BCUT2D eigenvalue weighted by molar-refractivity contribution is 6.04. The number of nitrogens with one attached hydrogen (secondary N) is 1. The summed E-state index contributed by atoms with van der Waals surface area (Å²) in [6.45, 7) is 10.5. The first-order chi connectivity index (χ1) is 21.7. The van der Waals surface area contributed by atoms with E-state index in [9.17, 15) is 14.4 Å². The van der Waals surface area contributed by atoms with Crippen LogP contribution in [0.15, 0.2) is 49.2 Å². The monoisotopic (exact) mass is 614 g/mol. The van der Waals surface area contributed by atoms with E-state index in [-0.39, 0.29) is 35.9 Å². The Labute approximate surface area is 265 Å². The van der Waals surface area contributed by atoms with Crippen LogP contribution >= 0.6 is 0 Å². The molecule has 5 rings (SSSR count). The third kappa shape index (κ3) is 7.37. The average Bonchev–Trinajstić information content (AvgIpc) is 3.16. The molecule has 0 bridgehead atoms. The fraction of sp³-hybridized carbons (Fsp3) is 0.514. The summed E-state index contributed by atoms with van der Waals surface area (Å²) in [6, 6.07) is 9.36. The van der Waals surface area contributed by atoms with Gasteiger partial charge in [-0.3, -0.25) is 24.7 Å². The highest BCUT2D eigenvalue weighted by Gasteiger charge is 2.31. The second kappa shape index (κ2) is 14.3. The van der Waals surface area contributed by atoms with Gasteiger partial charge in [0.1, 0.15) is 11.3 Å². The van der Waals surface area contributed by atoms with Crippen LogP contribution in [0.3, 0.4) is 0 Å². The van der Waals surface area contributed by atoms with Crippen molar-refractivity contribution in [1.29, 1.82) is 0 Å². The van der Waals surface area contributed by atoms with Crippen molar-refractivity contribution in [3.8, 4) is 5.75 Å². The number of amides is 3. The summed E-state index contributed by atoms with van der Waals surface area (Å²) in [5, 5.41) is 3.07. The van der Waals surface area contributed by atoms with Crippen LogP contribution in [-0.2, 0) is 9.59 Å². The van der Waals surface area contributed by atoms with Gasteiger partial charge in [-0.1, -0.05) is 26.0 Å². The number of ether oxygens (including phenoxy) is 1. The molecule has 2 aliphatic rings. The second-order valence-corrected chi connectivity index (χ2v) is 12.6. The lowest BCUT2D eigenvalue weighted by molar-refractivity contribution is -0.130. The molecule has 1 aliphatic carbocycles. The van der Waals surface area contributed by atoms with Crippen LogP contribution in [0.25, 0.3) is 11.0 Å². The summed E-state index contributed by atoms with van der Waals surface area (Å²) >= 11 is 0. The molecule has 3 aromatic rings. The SMILES string of the molecule is C=CC(=O)N1CCCC[C@@H](n2c(NC(=O)c3ccnc(C)c3)nc3cccc(O[C@@H]4CC[C@@H](N(C)C(C)=O)CC(CC)C4)c32)C1. The number of aryl methyl sites for hydroxylation is 1. The standard InChI is InChI=1S/C35H46N6O4/c1-6-25-20-27(39(5)24(4)42)14-15-29(21-25)45-31-13-10-12-30-33(31)41(28-11-8-9-18-40(22-28)32(43)7-2)35(37-30)38-34(44)26-16-17-36-23(3)19-26/h7,10,12-13,16-17,19,25,27-29H,2,6,8-9,11,14-15,18,20-22H2,1,3-5H3,(H,37,38,44)/t25?,27-,28-,29-/m1/s1. The maximum absolute atomic E-state index is 13.5. The zero-order valence-corrected chi connectivity index (χ0v) is 27.0. The lowest BCUT2D eigenvalue weighted by Crippen LogP contribution is -2.36. The molecule has 1 aliphatic heterocycles. The summed E-state index contributed by atoms with van der Waals surface area (Å²) in [6.07, 6.45) is 10.2. The molecule has 1 saturated heterocycles. The molecule has 2 fully saturated rings. The first-order valence-corrected chi connectivity index (χ1v) is 16.2. The predicted molar refractivity (Wildman–Crippen MR) is 175 cm³/mol. The number of nitrogens with zero attached hydrogens (tertiary/aromatic N) is 5. The van der Waals surface area contributed by atoms with E-state index >= 15 is 0 Å². The maximum atomic E-state index is 13.5.